The lowest BCUT2D eigenvalue weighted by molar-refractivity contribution is 0.0942. The Bertz CT molecular complexity index is 995. The van der Waals surface area contributed by atoms with Crippen LogP contribution >= 0.6 is 0 Å². The zero-order valence-corrected chi connectivity index (χ0v) is 17.0. The SMILES string of the molecule is COc1ccccc1CNC(=O)c1cc2c(n1C)CCN(Cc1ccccc1)C2. The lowest BCUT2D eigenvalue weighted by Crippen LogP contribution is -2.30. The molecule has 29 heavy (non-hydrogen) atoms. The van der Waals surface area contributed by atoms with Crippen LogP contribution in [0.4, 0.5) is 0 Å². The van der Waals surface area contributed by atoms with Gasteiger partial charge in [0.2, 0.25) is 0 Å². The average Bonchev–Trinajstić information content (AvgIpc) is 3.09. The van der Waals surface area contributed by atoms with Gasteiger partial charge in [0.1, 0.15) is 11.4 Å². The Morgan fingerprint density at radius 3 is 2.66 bits per heavy atom. The summed E-state index contributed by atoms with van der Waals surface area (Å²) in [6.45, 7) is 3.25. The van der Waals surface area contributed by atoms with Crippen molar-refractivity contribution in [3.8, 4) is 5.75 Å². The van der Waals surface area contributed by atoms with Crippen LogP contribution in [0, 0.1) is 0 Å². The van der Waals surface area contributed by atoms with E-state index in [0.717, 1.165) is 37.4 Å². The normalized spacial score (nSPS) is 13.7. The smallest absolute Gasteiger partial charge is 0.268 e. The summed E-state index contributed by atoms with van der Waals surface area (Å²) in [7, 11) is 3.64. The molecule has 5 heteroatoms. The molecule has 1 amide bonds. The van der Waals surface area contributed by atoms with Crippen molar-refractivity contribution >= 4 is 5.91 Å². The zero-order chi connectivity index (χ0) is 20.2. The largest absolute Gasteiger partial charge is 0.496 e. The van der Waals surface area contributed by atoms with Gasteiger partial charge in [-0.25, -0.2) is 0 Å². The van der Waals surface area contributed by atoms with Gasteiger partial charge in [0.15, 0.2) is 0 Å². The van der Waals surface area contributed by atoms with Gasteiger partial charge in [-0.1, -0.05) is 48.5 Å². The quantitative estimate of drug-likeness (QED) is 0.702. The summed E-state index contributed by atoms with van der Waals surface area (Å²) in [5.74, 6) is 0.734. The minimum atomic E-state index is -0.0533. The number of rotatable bonds is 6. The molecule has 0 radical (unpaired) electrons. The maximum Gasteiger partial charge on any atom is 0.268 e. The molecule has 5 nitrogen and oxygen atoms in total. The van der Waals surface area contributed by atoms with E-state index in [-0.39, 0.29) is 5.91 Å². The summed E-state index contributed by atoms with van der Waals surface area (Å²) in [6.07, 6.45) is 0.957. The predicted octanol–water partition coefficient (Wildman–Crippen LogP) is 3.52. The van der Waals surface area contributed by atoms with Gasteiger partial charge >= 0.3 is 0 Å². The van der Waals surface area contributed by atoms with Crippen LogP contribution in [0.25, 0.3) is 0 Å². The van der Waals surface area contributed by atoms with Crippen molar-refractivity contribution in [1.82, 2.24) is 14.8 Å². The topological polar surface area (TPSA) is 46.5 Å². The number of nitrogens with zero attached hydrogens (tertiary/aromatic N) is 2. The Balaban J connectivity index is 1.44. The Morgan fingerprint density at radius 2 is 1.86 bits per heavy atom. The number of carbonyl (C=O) groups excluding carboxylic acids is 1. The van der Waals surface area contributed by atoms with E-state index in [2.05, 4.69) is 34.5 Å². The number of methoxy groups -OCH3 is 1. The van der Waals surface area contributed by atoms with Gasteiger partial charge in [0, 0.05) is 50.9 Å². The van der Waals surface area contributed by atoms with Crippen molar-refractivity contribution in [2.75, 3.05) is 13.7 Å². The van der Waals surface area contributed by atoms with Gasteiger partial charge in [-0.05, 0) is 23.3 Å². The van der Waals surface area contributed by atoms with E-state index < -0.39 is 0 Å². The molecule has 3 aromatic rings. The minimum absolute atomic E-state index is 0.0533. The molecule has 1 aliphatic rings. The molecular weight excluding hydrogens is 362 g/mol. The third-order valence-electron chi connectivity index (χ3n) is 5.62. The molecule has 1 aromatic heterocycles. The first-order valence-electron chi connectivity index (χ1n) is 9.99. The third kappa shape index (κ3) is 4.20. The van der Waals surface area contributed by atoms with Crippen LogP contribution in [0.15, 0.2) is 60.7 Å². The number of hydrogen-bond donors (Lipinski definition) is 1. The second-order valence-corrected chi connectivity index (χ2v) is 7.50. The number of amides is 1. The van der Waals surface area contributed by atoms with Gasteiger partial charge in [-0.2, -0.15) is 0 Å². The Hall–Kier alpha value is -3.05. The molecule has 0 atom stereocenters. The number of para-hydroxylation sites is 1. The zero-order valence-electron chi connectivity index (χ0n) is 17.0. The molecule has 0 unspecified atom stereocenters. The van der Waals surface area contributed by atoms with Crippen LogP contribution in [0.1, 0.15) is 32.9 Å². The van der Waals surface area contributed by atoms with Gasteiger partial charge in [0.25, 0.3) is 5.91 Å². The number of fused-ring (bicyclic) bond motifs is 1. The highest BCUT2D eigenvalue weighted by Crippen LogP contribution is 2.24. The van der Waals surface area contributed by atoms with E-state index >= 15 is 0 Å². The predicted molar refractivity (Wildman–Crippen MR) is 114 cm³/mol. The van der Waals surface area contributed by atoms with Crippen molar-refractivity contribution in [3.63, 3.8) is 0 Å². The lowest BCUT2D eigenvalue weighted by atomic mass is 10.1. The molecule has 0 aliphatic carbocycles. The van der Waals surface area contributed by atoms with Crippen molar-refractivity contribution in [2.24, 2.45) is 7.05 Å². The Morgan fingerprint density at radius 1 is 1.10 bits per heavy atom. The highest BCUT2D eigenvalue weighted by atomic mass is 16.5. The van der Waals surface area contributed by atoms with Crippen molar-refractivity contribution in [2.45, 2.75) is 26.1 Å². The average molecular weight is 389 g/mol. The maximum atomic E-state index is 12.8. The van der Waals surface area contributed by atoms with Crippen LogP contribution in [-0.2, 0) is 33.1 Å². The van der Waals surface area contributed by atoms with Crippen LogP contribution in [0.5, 0.6) is 5.75 Å². The second kappa shape index (κ2) is 8.53. The van der Waals surface area contributed by atoms with Gasteiger partial charge in [-0.3, -0.25) is 9.69 Å². The number of nitrogens with one attached hydrogen (secondary N) is 1. The first-order chi connectivity index (χ1) is 14.2. The summed E-state index contributed by atoms with van der Waals surface area (Å²) < 4.78 is 7.42. The van der Waals surface area contributed by atoms with E-state index in [9.17, 15) is 4.79 Å². The molecule has 2 heterocycles. The molecule has 0 spiro atoms. The fraction of sp³-hybridized carbons (Fsp3) is 0.292. The monoisotopic (exact) mass is 389 g/mol. The standard InChI is InChI=1S/C24H27N3O2/c1-26-21-12-13-27(16-18-8-4-3-5-9-18)17-20(21)14-22(26)24(28)25-15-19-10-6-7-11-23(19)29-2/h3-11,14H,12-13,15-17H2,1-2H3,(H,25,28). The van der Waals surface area contributed by atoms with E-state index in [1.165, 1.54) is 16.8 Å². The molecule has 4 rings (SSSR count). The van der Waals surface area contributed by atoms with Crippen molar-refractivity contribution in [1.29, 1.82) is 0 Å². The minimum Gasteiger partial charge on any atom is -0.496 e. The van der Waals surface area contributed by atoms with E-state index in [1.54, 1.807) is 7.11 Å². The summed E-state index contributed by atoms with van der Waals surface area (Å²) in [6, 6.07) is 20.3. The summed E-state index contributed by atoms with van der Waals surface area (Å²) in [5.41, 5.74) is 5.51. The molecule has 1 aliphatic heterocycles. The fourth-order valence-corrected chi connectivity index (χ4v) is 4.06. The van der Waals surface area contributed by atoms with E-state index in [0.29, 0.717) is 12.2 Å². The summed E-state index contributed by atoms with van der Waals surface area (Å²) >= 11 is 0. The third-order valence-corrected chi connectivity index (χ3v) is 5.62. The molecule has 2 aromatic carbocycles. The molecule has 0 fully saturated rings. The van der Waals surface area contributed by atoms with Gasteiger partial charge in [0.05, 0.1) is 7.11 Å². The highest BCUT2D eigenvalue weighted by Gasteiger charge is 2.23. The molecule has 0 saturated heterocycles. The number of ether oxygens (including phenoxy) is 1. The van der Waals surface area contributed by atoms with Crippen LogP contribution in [0.2, 0.25) is 0 Å². The lowest BCUT2D eigenvalue weighted by Gasteiger charge is -2.27. The number of aromatic nitrogens is 1. The first-order valence-corrected chi connectivity index (χ1v) is 9.99. The first kappa shape index (κ1) is 19.3. The molecule has 0 bridgehead atoms. The number of carbonyl (C=O) groups is 1. The molecule has 0 saturated carbocycles. The van der Waals surface area contributed by atoms with Gasteiger partial charge in [-0.15, -0.1) is 0 Å². The Kier molecular flexibility index (Phi) is 5.67. The van der Waals surface area contributed by atoms with Crippen molar-refractivity contribution < 1.29 is 9.53 Å². The number of hydrogen-bond acceptors (Lipinski definition) is 3. The Labute approximate surface area is 171 Å². The fourth-order valence-electron chi connectivity index (χ4n) is 4.06. The maximum absolute atomic E-state index is 12.8. The summed E-state index contributed by atoms with van der Waals surface area (Å²) in [5, 5.41) is 3.04. The van der Waals surface area contributed by atoms with Crippen LogP contribution in [0.3, 0.4) is 0 Å². The second-order valence-electron chi connectivity index (χ2n) is 7.50. The molecular formula is C24H27N3O2. The molecule has 1 N–H and O–H groups in total. The van der Waals surface area contributed by atoms with Crippen molar-refractivity contribution in [3.05, 3.63) is 88.7 Å². The summed E-state index contributed by atoms with van der Waals surface area (Å²) in [4.78, 5) is 15.3. The molecule has 150 valence electrons. The van der Waals surface area contributed by atoms with E-state index in [1.807, 2.05) is 48.0 Å². The van der Waals surface area contributed by atoms with E-state index in [4.69, 9.17) is 4.74 Å². The highest BCUT2D eigenvalue weighted by molar-refractivity contribution is 5.93. The van der Waals surface area contributed by atoms with Gasteiger partial charge < -0.3 is 14.6 Å². The number of benzene rings is 2. The van der Waals surface area contributed by atoms with Crippen LogP contribution in [-0.4, -0.2) is 29.0 Å². The van der Waals surface area contributed by atoms with Crippen LogP contribution < -0.4 is 10.1 Å².